The van der Waals surface area contributed by atoms with Gasteiger partial charge in [-0.15, -0.1) is 0 Å². The van der Waals surface area contributed by atoms with Crippen molar-refractivity contribution < 1.29 is 35.9 Å². The van der Waals surface area contributed by atoms with E-state index in [1.165, 1.54) is 0 Å². The van der Waals surface area contributed by atoms with Crippen molar-refractivity contribution in [2.45, 2.75) is 11.1 Å². The predicted molar refractivity (Wildman–Crippen MR) is 88.9 cm³/mol. The number of Topliss-reactive ketones (excluding diaryl/α,β-unsaturated/α-hetero) is 1. The first-order valence-electron chi connectivity index (χ1n) is 7.09. The molecule has 6 nitrogen and oxygen atoms in total. The van der Waals surface area contributed by atoms with Crippen LogP contribution in [0.2, 0.25) is 5.02 Å². The fraction of sp³-hybridized carbons (Fsp3) is 0.125. The zero-order valence-electron chi connectivity index (χ0n) is 13.3. The summed E-state index contributed by atoms with van der Waals surface area (Å²) in [5, 5.41) is 4.80. The summed E-state index contributed by atoms with van der Waals surface area (Å²) in [5.41, 5.74) is -1.69. The summed E-state index contributed by atoms with van der Waals surface area (Å²) in [6.07, 6.45) is -4.63. The molecule has 0 atom stereocenters. The van der Waals surface area contributed by atoms with E-state index in [0.717, 1.165) is 36.4 Å². The highest BCUT2D eigenvalue weighted by Gasteiger charge is 2.31. The number of esters is 1. The number of benzene rings is 2. The molecule has 2 aromatic rings. The van der Waals surface area contributed by atoms with Crippen LogP contribution in [0.15, 0.2) is 47.4 Å². The molecule has 0 radical (unpaired) electrons. The van der Waals surface area contributed by atoms with Crippen LogP contribution in [0.1, 0.15) is 26.3 Å². The van der Waals surface area contributed by atoms with Crippen molar-refractivity contribution in [3.8, 4) is 0 Å². The molecule has 0 bridgehead atoms. The van der Waals surface area contributed by atoms with Gasteiger partial charge in [-0.3, -0.25) is 4.79 Å². The average Bonchev–Trinajstić information content (AvgIpc) is 2.58. The van der Waals surface area contributed by atoms with E-state index in [0.29, 0.717) is 6.07 Å². The minimum Gasteiger partial charge on any atom is -0.454 e. The summed E-state index contributed by atoms with van der Waals surface area (Å²) >= 11 is 5.80. The van der Waals surface area contributed by atoms with E-state index in [4.69, 9.17) is 21.5 Å². The van der Waals surface area contributed by atoms with Crippen LogP contribution in [0, 0.1) is 0 Å². The fourth-order valence-electron chi connectivity index (χ4n) is 2.00. The Morgan fingerprint density at radius 1 is 1.11 bits per heavy atom. The molecule has 0 aliphatic heterocycles. The lowest BCUT2D eigenvalue weighted by molar-refractivity contribution is -0.137. The Kier molecular flexibility index (Phi) is 5.93. The van der Waals surface area contributed by atoms with Gasteiger partial charge in [0.05, 0.1) is 21.0 Å². The van der Waals surface area contributed by atoms with Crippen molar-refractivity contribution in [3.05, 3.63) is 64.2 Å². The van der Waals surface area contributed by atoms with E-state index >= 15 is 0 Å². The summed E-state index contributed by atoms with van der Waals surface area (Å²) in [7, 11) is -4.11. The van der Waals surface area contributed by atoms with Crippen LogP contribution in [0.5, 0.6) is 0 Å². The fourth-order valence-corrected chi connectivity index (χ4v) is 2.73. The number of carbonyl (C=O) groups excluding carboxylic acids is 2. The number of carbonyl (C=O) groups is 2. The third-order valence-electron chi connectivity index (χ3n) is 3.33. The maximum Gasteiger partial charge on any atom is 0.416 e. The Morgan fingerprint density at radius 2 is 1.78 bits per heavy atom. The van der Waals surface area contributed by atoms with Crippen LogP contribution >= 0.6 is 11.6 Å². The molecule has 0 spiro atoms. The van der Waals surface area contributed by atoms with Gasteiger partial charge in [-0.25, -0.2) is 18.4 Å². The zero-order valence-corrected chi connectivity index (χ0v) is 14.9. The molecule has 2 N–H and O–H groups in total. The van der Waals surface area contributed by atoms with Gasteiger partial charge in [0.1, 0.15) is 0 Å². The summed E-state index contributed by atoms with van der Waals surface area (Å²) in [4.78, 5) is 23.6. The summed E-state index contributed by atoms with van der Waals surface area (Å²) < 4.78 is 65.4. The molecule has 0 aliphatic rings. The molecular weight excluding hydrogens is 411 g/mol. The topological polar surface area (TPSA) is 104 Å². The number of alkyl halides is 3. The maximum absolute atomic E-state index is 12.7. The van der Waals surface area contributed by atoms with E-state index in [9.17, 15) is 31.2 Å². The van der Waals surface area contributed by atoms with E-state index in [1.807, 2.05) is 0 Å². The minimum absolute atomic E-state index is 0.154. The number of ketones is 1. The molecular formula is C16H11ClF3NO5S. The number of halogens is 4. The highest BCUT2D eigenvalue weighted by molar-refractivity contribution is 7.89. The lowest BCUT2D eigenvalue weighted by Crippen LogP contribution is -2.17. The molecule has 27 heavy (non-hydrogen) atoms. The van der Waals surface area contributed by atoms with Crippen molar-refractivity contribution in [1.29, 1.82) is 0 Å². The van der Waals surface area contributed by atoms with Gasteiger partial charge in [0.15, 0.2) is 12.4 Å². The molecule has 0 saturated heterocycles. The van der Waals surface area contributed by atoms with Crippen LogP contribution in [0.4, 0.5) is 13.2 Å². The molecule has 0 aromatic heterocycles. The molecule has 0 saturated carbocycles. The number of sulfonamides is 1. The van der Waals surface area contributed by atoms with Gasteiger partial charge >= 0.3 is 12.1 Å². The van der Waals surface area contributed by atoms with Crippen molar-refractivity contribution in [2.24, 2.45) is 5.14 Å². The normalized spacial score (nSPS) is 11.9. The van der Waals surface area contributed by atoms with Gasteiger partial charge in [-0.2, -0.15) is 13.2 Å². The van der Waals surface area contributed by atoms with Gasteiger partial charge in [0, 0.05) is 5.56 Å². The lowest BCUT2D eigenvalue weighted by atomic mass is 10.1. The van der Waals surface area contributed by atoms with Crippen molar-refractivity contribution >= 4 is 33.4 Å². The van der Waals surface area contributed by atoms with Gasteiger partial charge in [0.2, 0.25) is 10.0 Å². The first kappa shape index (κ1) is 20.9. The van der Waals surface area contributed by atoms with Gasteiger partial charge < -0.3 is 4.74 Å². The number of hydrogen-bond donors (Lipinski definition) is 1. The first-order chi connectivity index (χ1) is 12.4. The van der Waals surface area contributed by atoms with Gasteiger partial charge in [0.25, 0.3) is 0 Å². The lowest BCUT2D eigenvalue weighted by Gasteiger charge is -2.09. The molecule has 0 amide bonds. The quantitative estimate of drug-likeness (QED) is 0.590. The standard InChI is InChI=1S/C16H11ClF3NO5S/c17-13-5-4-11(27(21,24)25)7-12(13)15(23)26-8-14(22)9-2-1-3-10(6-9)16(18,19)20/h1-7H,8H2,(H2,21,24,25). The van der Waals surface area contributed by atoms with Crippen LogP contribution in [-0.4, -0.2) is 26.8 Å². The van der Waals surface area contributed by atoms with Crippen molar-refractivity contribution in [1.82, 2.24) is 0 Å². The number of ether oxygens (including phenoxy) is 1. The Balaban J connectivity index is 2.15. The zero-order chi connectivity index (χ0) is 20.4. The SMILES string of the molecule is NS(=O)(=O)c1ccc(Cl)c(C(=O)OCC(=O)c2cccc(C(F)(F)F)c2)c1. The molecule has 0 unspecified atom stereocenters. The van der Waals surface area contributed by atoms with Gasteiger partial charge in [-0.05, 0) is 30.3 Å². The first-order valence-corrected chi connectivity index (χ1v) is 9.02. The van der Waals surface area contributed by atoms with Crippen molar-refractivity contribution in [2.75, 3.05) is 6.61 Å². The molecule has 2 aromatic carbocycles. The van der Waals surface area contributed by atoms with Crippen LogP contribution < -0.4 is 5.14 Å². The van der Waals surface area contributed by atoms with E-state index < -0.39 is 45.0 Å². The monoisotopic (exact) mass is 421 g/mol. The number of nitrogens with two attached hydrogens (primary N) is 1. The smallest absolute Gasteiger partial charge is 0.416 e. The maximum atomic E-state index is 12.7. The Morgan fingerprint density at radius 3 is 2.37 bits per heavy atom. The van der Waals surface area contributed by atoms with E-state index in [1.54, 1.807) is 0 Å². The highest BCUT2D eigenvalue weighted by atomic mass is 35.5. The minimum atomic E-state index is -4.63. The number of primary sulfonamides is 1. The Hall–Kier alpha value is -2.43. The third kappa shape index (κ3) is 5.28. The number of hydrogen-bond acceptors (Lipinski definition) is 5. The largest absolute Gasteiger partial charge is 0.454 e. The summed E-state index contributed by atoms with van der Waals surface area (Å²) in [5.74, 6) is -2.01. The Labute approximate surface area is 156 Å². The second-order valence-electron chi connectivity index (χ2n) is 5.26. The Bertz CT molecular complexity index is 1010. The van der Waals surface area contributed by atoms with E-state index in [2.05, 4.69) is 0 Å². The summed E-state index contributed by atoms with van der Waals surface area (Å²) in [6.45, 7) is -0.865. The molecule has 144 valence electrons. The van der Waals surface area contributed by atoms with Crippen LogP contribution in [0.3, 0.4) is 0 Å². The van der Waals surface area contributed by atoms with Crippen LogP contribution in [0.25, 0.3) is 0 Å². The summed E-state index contributed by atoms with van der Waals surface area (Å²) in [6, 6.07) is 6.65. The predicted octanol–water partition coefficient (Wildman–Crippen LogP) is 3.05. The molecule has 0 fully saturated rings. The molecule has 11 heteroatoms. The molecule has 0 aliphatic carbocycles. The highest BCUT2D eigenvalue weighted by Crippen LogP contribution is 2.29. The average molecular weight is 422 g/mol. The second kappa shape index (κ2) is 7.67. The van der Waals surface area contributed by atoms with Crippen molar-refractivity contribution in [3.63, 3.8) is 0 Å². The van der Waals surface area contributed by atoms with Gasteiger partial charge in [-0.1, -0.05) is 23.7 Å². The second-order valence-corrected chi connectivity index (χ2v) is 7.23. The number of rotatable bonds is 5. The van der Waals surface area contributed by atoms with E-state index in [-0.39, 0.29) is 16.1 Å². The van der Waals surface area contributed by atoms with Crippen LogP contribution in [-0.2, 0) is 20.9 Å². The molecule has 2 rings (SSSR count). The third-order valence-corrected chi connectivity index (χ3v) is 4.57. The molecule has 0 heterocycles.